The molecule has 1 heterocycles. The normalized spacial score (nSPS) is 11.8. The summed E-state index contributed by atoms with van der Waals surface area (Å²) >= 11 is 0. The standard InChI is InChI=1S/C8H9F3N2O/c1-3-4(2)6(8(9,10)11)13-5(3)7(12)14/h13H,1-2H3,(H2,12,14). The van der Waals surface area contributed by atoms with Crippen molar-refractivity contribution in [2.45, 2.75) is 20.0 Å². The Bertz CT molecular complexity index is 379. The van der Waals surface area contributed by atoms with Gasteiger partial charge in [0.2, 0.25) is 0 Å². The maximum absolute atomic E-state index is 12.3. The predicted octanol–water partition coefficient (Wildman–Crippen LogP) is 1.75. The molecule has 0 atom stereocenters. The molecule has 3 N–H and O–H groups in total. The lowest BCUT2D eigenvalue weighted by Crippen LogP contribution is -2.13. The van der Waals surface area contributed by atoms with Crippen molar-refractivity contribution in [3.63, 3.8) is 0 Å². The van der Waals surface area contributed by atoms with Crippen molar-refractivity contribution in [1.82, 2.24) is 4.98 Å². The van der Waals surface area contributed by atoms with E-state index >= 15 is 0 Å². The third-order valence-electron chi connectivity index (χ3n) is 2.09. The highest BCUT2D eigenvalue weighted by Gasteiger charge is 2.36. The number of aromatic nitrogens is 1. The van der Waals surface area contributed by atoms with Crippen LogP contribution in [0.4, 0.5) is 13.2 Å². The zero-order valence-electron chi connectivity index (χ0n) is 7.62. The van der Waals surface area contributed by atoms with Gasteiger partial charge in [0.25, 0.3) is 5.91 Å². The van der Waals surface area contributed by atoms with Gasteiger partial charge in [0.15, 0.2) is 0 Å². The van der Waals surface area contributed by atoms with Crippen LogP contribution in [0.5, 0.6) is 0 Å². The highest BCUT2D eigenvalue weighted by Crippen LogP contribution is 2.33. The van der Waals surface area contributed by atoms with Crippen LogP contribution in [0, 0.1) is 13.8 Å². The molecule has 0 aromatic carbocycles. The minimum Gasteiger partial charge on any atom is -0.364 e. The Morgan fingerprint density at radius 3 is 2.00 bits per heavy atom. The molecule has 0 radical (unpaired) electrons. The second-order valence-electron chi connectivity index (χ2n) is 2.99. The van der Waals surface area contributed by atoms with Gasteiger partial charge >= 0.3 is 6.18 Å². The molecule has 0 aliphatic carbocycles. The molecule has 0 saturated heterocycles. The average Bonchev–Trinajstić information content (AvgIpc) is 2.28. The first-order valence-corrected chi connectivity index (χ1v) is 3.81. The van der Waals surface area contributed by atoms with E-state index in [0.29, 0.717) is 0 Å². The Balaban J connectivity index is 3.37. The monoisotopic (exact) mass is 206 g/mol. The number of carbonyl (C=O) groups excluding carboxylic acids is 1. The molecule has 1 amide bonds. The molecule has 78 valence electrons. The van der Waals surface area contributed by atoms with Gasteiger partial charge in [-0.15, -0.1) is 0 Å². The molecule has 0 aliphatic rings. The molecule has 6 heteroatoms. The molecular weight excluding hydrogens is 197 g/mol. The summed E-state index contributed by atoms with van der Waals surface area (Å²) in [5.74, 6) is -0.888. The molecule has 1 aromatic heterocycles. The van der Waals surface area contributed by atoms with E-state index in [-0.39, 0.29) is 16.8 Å². The zero-order chi connectivity index (χ0) is 11.1. The molecule has 3 nitrogen and oxygen atoms in total. The maximum Gasteiger partial charge on any atom is 0.431 e. The fourth-order valence-corrected chi connectivity index (χ4v) is 1.22. The fraction of sp³-hybridized carbons (Fsp3) is 0.375. The van der Waals surface area contributed by atoms with E-state index < -0.39 is 17.8 Å². The smallest absolute Gasteiger partial charge is 0.364 e. The molecule has 0 unspecified atom stereocenters. The van der Waals surface area contributed by atoms with E-state index in [4.69, 9.17) is 5.73 Å². The number of nitrogens with one attached hydrogen (secondary N) is 1. The van der Waals surface area contributed by atoms with Crippen molar-refractivity contribution < 1.29 is 18.0 Å². The van der Waals surface area contributed by atoms with Gasteiger partial charge in [-0.2, -0.15) is 13.2 Å². The molecule has 14 heavy (non-hydrogen) atoms. The number of primary amides is 1. The first-order chi connectivity index (χ1) is 6.25. The number of aromatic amines is 1. The molecule has 1 aromatic rings. The highest BCUT2D eigenvalue weighted by molar-refractivity contribution is 5.93. The molecule has 1 rings (SSSR count). The Labute approximate surface area is 78.1 Å². The maximum atomic E-state index is 12.3. The second kappa shape index (κ2) is 3.04. The largest absolute Gasteiger partial charge is 0.431 e. The lowest BCUT2D eigenvalue weighted by atomic mass is 10.1. The van der Waals surface area contributed by atoms with E-state index in [0.717, 1.165) is 0 Å². The molecule has 0 spiro atoms. The van der Waals surface area contributed by atoms with Gasteiger partial charge in [0, 0.05) is 0 Å². The molecule has 0 fully saturated rings. The van der Waals surface area contributed by atoms with Crippen molar-refractivity contribution in [1.29, 1.82) is 0 Å². The summed E-state index contributed by atoms with van der Waals surface area (Å²) in [5.41, 5.74) is 4.05. The van der Waals surface area contributed by atoms with Crippen molar-refractivity contribution in [3.05, 3.63) is 22.5 Å². The zero-order valence-corrected chi connectivity index (χ0v) is 7.62. The highest BCUT2D eigenvalue weighted by atomic mass is 19.4. The summed E-state index contributed by atoms with van der Waals surface area (Å²) in [6.07, 6.45) is -4.48. The molecule has 0 saturated carbocycles. The van der Waals surface area contributed by atoms with Crippen LogP contribution in [0.15, 0.2) is 0 Å². The number of hydrogen-bond donors (Lipinski definition) is 2. The minimum atomic E-state index is -4.48. The summed E-state index contributed by atoms with van der Waals surface area (Å²) in [4.78, 5) is 12.7. The van der Waals surface area contributed by atoms with Crippen LogP contribution >= 0.6 is 0 Å². The van der Waals surface area contributed by atoms with Crippen molar-refractivity contribution in [2.24, 2.45) is 5.73 Å². The first-order valence-electron chi connectivity index (χ1n) is 3.81. The van der Waals surface area contributed by atoms with Crippen LogP contribution in [0.1, 0.15) is 27.3 Å². The van der Waals surface area contributed by atoms with E-state index in [2.05, 4.69) is 0 Å². The summed E-state index contributed by atoms with van der Waals surface area (Å²) in [6.45, 7) is 2.71. The average molecular weight is 206 g/mol. The van der Waals surface area contributed by atoms with Gasteiger partial charge < -0.3 is 10.7 Å². The number of amides is 1. The summed E-state index contributed by atoms with van der Waals surface area (Å²) < 4.78 is 37.0. The quantitative estimate of drug-likeness (QED) is 0.722. The number of H-pyrrole nitrogens is 1. The third-order valence-corrected chi connectivity index (χ3v) is 2.09. The third kappa shape index (κ3) is 1.59. The van der Waals surface area contributed by atoms with Gasteiger partial charge in [-0.1, -0.05) is 0 Å². The molecular formula is C8H9F3N2O. The van der Waals surface area contributed by atoms with Gasteiger partial charge in [-0.05, 0) is 25.0 Å². The van der Waals surface area contributed by atoms with Crippen LogP contribution in [0.25, 0.3) is 0 Å². The summed E-state index contributed by atoms with van der Waals surface area (Å²) in [6, 6.07) is 0. The Morgan fingerprint density at radius 1 is 1.29 bits per heavy atom. The molecule has 0 bridgehead atoms. The van der Waals surface area contributed by atoms with Crippen LogP contribution in [0.2, 0.25) is 0 Å². The summed E-state index contributed by atoms with van der Waals surface area (Å²) in [5, 5.41) is 0. The Hall–Kier alpha value is -1.46. The Morgan fingerprint density at radius 2 is 1.79 bits per heavy atom. The van der Waals surface area contributed by atoms with E-state index in [1.807, 2.05) is 4.98 Å². The lowest BCUT2D eigenvalue weighted by molar-refractivity contribution is -0.141. The van der Waals surface area contributed by atoms with Crippen molar-refractivity contribution in [3.8, 4) is 0 Å². The fourth-order valence-electron chi connectivity index (χ4n) is 1.22. The topological polar surface area (TPSA) is 58.9 Å². The number of alkyl halides is 3. The number of nitrogens with two attached hydrogens (primary N) is 1. The van der Waals surface area contributed by atoms with E-state index in [1.165, 1.54) is 13.8 Å². The van der Waals surface area contributed by atoms with Gasteiger partial charge in [-0.25, -0.2) is 0 Å². The lowest BCUT2D eigenvalue weighted by Gasteiger charge is -2.04. The number of halogens is 3. The van der Waals surface area contributed by atoms with Gasteiger partial charge in [-0.3, -0.25) is 4.79 Å². The van der Waals surface area contributed by atoms with E-state index in [9.17, 15) is 18.0 Å². The first kappa shape index (κ1) is 10.6. The van der Waals surface area contributed by atoms with Crippen LogP contribution in [0.3, 0.4) is 0 Å². The Kier molecular flexibility index (Phi) is 2.31. The van der Waals surface area contributed by atoms with Gasteiger partial charge in [0.05, 0.1) is 0 Å². The summed E-state index contributed by atoms with van der Waals surface area (Å²) in [7, 11) is 0. The van der Waals surface area contributed by atoms with Crippen LogP contribution in [-0.2, 0) is 6.18 Å². The second-order valence-corrected chi connectivity index (χ2v) is 2.99. The van der Waals surface area contributed by atoms with E-state index in [1.54, 1.807) is 0 Å². The van der Waals surface area contributed by atoms with Crippen molar-refractivity contribution in [2.75, 3.05) is 0 Å². The number of rotatable bonds is 1. The van der Waals surface area contributed by atoms with Crippen LogP contribution in [-0.4, -0.2) is 10.9 Å². The van der Waals surface area contributed by atoms with Crippen LogP contribution < -0.4 is 5.73 Å². The number of hydrogen-bond acceptors (Lipinski definition) is 1. The van der Waals surface area contributed by atoms with Crippen molar-refractivity contribution >= 4 is 5.91 Å². The minimum absolute atomic E-state index is 0.00583. The number of carbonyl (C=O) groups is 1. The predicted molar refractivity (Wildman–Crippen MR) is 43.8 cm³/mol. The molecule has 0 aliphatic heterocycles. The van der Waals surface area contributed by atoms with Gasteiger partial charge in [0.1, 0.15) is 11.4 Å². The SMILES string of the molecule is Cc1c(C(N)=O)[nH]c(C(F)(F)F)c1C.